The van der Waals surface area contributed by atoms with E-state index in [0.717, 1.165) is 10.2 Å². The Morgan fingerprint density at radius 3 is 2.65 bits per heavy atom. The number of halogens is 1. The molecule has 0 aliphatic rings. The van der Waals surface area contributed by atoms with Gasteiger partial charge in [-0.25, -0.2) is 4.39 Å². The molecule has 5 nitrogen and oxygen atoms in total. The highest BCUT2D eigenvalue weighted by molar-refractivity contribution is 7.16. The number of hydrogen-bond donors (Lipinski definition) is 1. The lowest BCUT2D eigenvalue weighted by molar-refractivity contribution is -0.114. The zero-order chi connectivity index (χ0) is 18.7. The number of hydrogen-bond acceptors (Lipinski definition) is 3. The Hall–Kier alpha value is -3.06. The van der Waals surface area contributed by atoms with Crippen LogP contribution in [0.3, 0.4) is 0 Å². The fourth-order valence-corrected chi connectivity index (χ4v) is 3.57. The van der Waals surface area contributed by atoms with Crippen molar-refractivity contribution in [2.75, 3.05) is 5.32 Å². The Kier molecular flexibility index (Phi) is 5.09. The summed E-state index contributed by atoms with van der Waals surface area (Å²) in [6.45, 7) is 5.67. The predicted molar refractivity (Wildman–Crippen MR) is 101 cm³/mol. The van der Waals surface area contributed by atoms with Crippen LogP contribution in [0.5, 0.6) is 0 Å². The third-order valence-corrected chi connectivity index (χ3v) is 4.64. The summed E-state index contributed by atoms with van der Waals surface area (Å²) in [7, 11) is 0. The molecule has 2 aromatic carbocycles. The molecule has 0 spiro atoms. The molecular weight excluding hydrogens is 353 g/mol. The minimum absolute atomic E-state index is 0.156. The zero-order valence-corrected chi connectivity index (χ0v) is 14.8. The quantitative estimate of drug-likeness (QED) is 0.712. The Labute approximate surface area is 153 Å². The van der Waals surface area contributed by atoms with Crippen molar-refractivity contribution in [2.45, 2.75) is 13.5 Å². The van der Waals surface area contributed by atoms with Gasteiger partial charge in [-0.2, -0.15) is 4.99 Å². The smallest absolute Gasteiger partial charge is 0.279 e. The second kappa shape index (κ2) is 7.45. The highest BCUT2D eigenvalue weighted by Crippen LogP contribution is 2.22. The first kappa shape index (κ1) is 17.8. The van der Waals surface area contributed by atoms with Crippen molar-refractivity contribution < 1.29 is 14.0 Å². The Morgan fingerprint density at radius 1 is 1.27 bits per heavy atom. The molecule has 2 amide bonds. The zero-order valence-electron chi connectivity index (χ0n) is 14.0. The first-order chi connectivity index (χ1) is 12.5. The van der Waals surface area contributed by atoms with E-state index in [9.17, 15) is 14.0 Å². The second-order valence-corrected chi connectivity index (χ2v) is 6.58. The normalized spacial score (nSPS) is 11.5. The molecule has 0 aliphatic heterocycles. The van der Waals surface area contributed by atoms with Gasteiger partial charge in [0, 0.05) is 24.7 Å². The molecule has 132 valence electrons. The van der Waals surface area contributed by atoms with Crippen molar-refractivity contribution in [3.05, 3.63) is 71.3 Å². The highest BCUT2D eigenvalue weighted by Gasteiger charge is 2.10. The molecule has 0 radical (unpaired) electrons. The van der Waals surface area contributed by atoms with E-state index in [-0.39, 0.29) is 5.91 Å². The summed E-state index contributed by atoms with van der Waals surface area (Å²) in [5, 5.41) is 2.73. The third kappa shape index (κ3) is 3.78. The van der Waals surface area contributed by atoms with E-state index in [1.807, 2.05) is 16.7 Å². The summed E-state index contributed by atoms with van der Waals surface area (Å²) >= 11 is 1.33. The Morgan fingerprint density at radius 2 is 2.00 bits per heavy atom. The minimum Gasteiger partial charge on any atom is -0.326 e. The number of thiazole rings is 1. The van der Waals surface area contributed by atoms with Crippen molar-refractivity contribution in [1.29, 1.82) is 0 Å². The van der Waals surface area contributed by atoms with Gasteiger partial charge in [0.1, 0.15) is 5.82 Å². The SMILES string of the molecule is C=CCn1c(=NC(=O)c2ccc(F)cc2)sc2cc(NC(C)=O)ccc21. The molecule has 0 unspecified atom stereocenters. The van der Waals surface area contributed by atoms with E-state index in [1.54, 1.807) is 12.1 Å². The molecule has 0 saturated heterocycles. The molecule has 1 N–H and O–H groups in total. The molecule has 1 heterocycles. The van der Waals surface area contributed by atoms with Crippen LogP contribution in [0.25, 0.3) is 10.2 Å². The molecule has 1 aromatic heterocycles. The number of fused-ring (bicyclic) bond motifs is 1. The maximum atomic E-state index is 13.0. The van der Waals surface area contributed by atoms with Crippen LogP contribution in [0.15, 0.2) is 60.1 Å². The molecule has 0 fully saturated rings. The molecule has 3 aromatic rings. The van der Waals surface area contributed by atoms with Gasteiger partial charge in [0.15, 0.2) is 4.80 Å². The van der Waals surface area contributed by atoms with E-state index in [1.165, 1.54) is 42.5 Å². The predicted octanol–water partition coefficient (Wildman–Crippen LogP) is 3.73. The van der Waals surface area contributed by atoms with Gasteiger partial charge in [-0.3, -0.25) is 9.59 Å². The van der Waals surface area contributed by atoms with Crippen molar-refractivity contribution in [2.24, 2.45) is 4.99 Å². The first-order valence-electron chi connectivity index (χ1n) is 7.84. The summed E-state index contributed by atoms with van der Waals surface area (Å²) in [6, 6.07) is 10.8. The van der Waals surface area contributed by atoms with Gasteiger partial charge in [-0.1, -0.05) is 17.4 Å². The van der Waals surface area contributed by atoms with Crippen LogP contribution >= 0.6 is 11.3 Å². The summed E-state index contributed by atoms with van der Waals surface area (Å²) < 4.78 is 15.8. The lowest BCUT2D eigenvalue weighted by Crippen LogP contribution is -2.16. The third-order valence-electron chi connectivity index (χ3n) is 3.60. The second-order valence-electron chi connectivity index (χ2n) is 5.57. The molecule has 26 heavy (non-hydrogen) atoms. The van der Waals surface area contributed by atoms with E-state index < -0.39 is 11.7 Å². The fourth-order valence-electron chi connectivity index (χ4n) is 2.49. The summed E-state index contributed by atoms with van der Waals surface area (Å²) in [5.41, 5.74) is 1.87. The maximum Gasteiger partial charge on any atom is 0.279 e. The lowest BCUT2D eigenvalue weighted by Gasteiger charge is -2.03. The van der Waals surface area contributed by atoms with E-state index in [2.05, 4.69) is 16.9 Å². The van der Waals surface area contributed by atoms with Crippen LogP contribution in [0.4, 0.5) is 10.1 Å². The number of nitrogens with one attached hydrogen (secondary N) is 1. The fraction of sp³-hybridized carbons (Fsp3) is 0.105. The van der Waals surface area contributed by atoms with Gasteiger partial charge >= 0.3 is 0 Å². The molecule has 3 rings (SSSR count). The first-order valence-corrected chi connectivity index (χ1v) is 8.66. The van der Waals surface area contributed by atoms with Crippen LogP contribution in [-0.2, 0) is 11.3 Å². The average Bonchev–Trinajstić information content (AvgIpc) is 2.92. The van der Waals surface area contributed by atoms with Gasteiger partial charge in [0.25, 0.3) is 5.91 Å². The van der Waals surface area contributed by atoms with Gasteiger partial charge < -0.3 is 9.88 Å². The Bertz CT molecular complexity index is 1060. The molecule has 0 bridgehead atoms. The number of carbonyl (C=O) groups is 2. The monoisotopic (exact) mass is 369 g/mol. The number of allylic oxidation sites excluding steroid dienone is 1. The number of rotatable bonds is 4. The number of benzene rings is 2. The average molecular weight is 369 g/mol. The maximum absolute atomic E-state index is 13.0. The highest BCUT2D eigenvalue weighted by atomic mass is 32.1. The van der Waals surface area contributed by atoms with E-state index >= 15 is 0 Å². The van der Waals surface area contributed by atoms with Crippen LogP contribution in [0.1, 0.15) is 17.3 Å². The molecule has 7 heteroatoms. The summed E-state index contributed by atoms with van der Waals surface area (Å²) in [5.74, 6) is -1.01. The van der Waals surface area contributed by atoms with Crippen LogP contribution < -0.4 is 10.1 Å². The van der Waals surface area contributed by atoms with Gasteiger partial charge in [-0.05, 0) is 42.5 Å². The van der Waals surface area contributed by atoms with E-state index in [0.29, 0.717) is 22.6 Å². The molecule has 0 atom stereocenters. The van der Waals surface area contributed by atoms with Crippen LogP contribution in [0, 0.1) is 5.82 Å². The minimum atomic E-state index is -0.448. The number of anilines is 1. The number of carbonyl (C=O) groups excluding carboxylic acids is 2. The van der Waals surface area contributed by atoms with E-state index in [4.69, 9.17) is 0 Å². The standard InChI is InChI=1S/C19H16FN3O2S/c1-3-10-23-16-9-8-15(21-12(2)24)11-17(16)26-19(23)22-18(25)13-4-6-14(20)7-5-13/h3-9,11H,1,10H2,2H3,(H,21,24). The number of aromatic nitrogens is 1. The van der Waals surface area contributed by atoms with Crippen molar-refractivity contribution in [3.8, 4) is 0 Å². The van der Waals surface area contributed by atoms with Crippen LogP contribution in [0.2, 0.25) is 0 Å². The van der Waals surface area contributed by atoms with Crippen molar-refractivity contribution in [1.82, 2.24) is 4.57 Å². The number of nitrogens with zero attached hydrogens (tertiary/aromatic N) is 2. The summed E-state index contributed by atoms with van der Waals surface area (Å²) in [4.78, 5) is 28.3. The molecular formula is C19H16FN3O2S. The van der Waals surface area contributed by atoms with Crippen molar-refractivity contribution in [3.63, 3.8) is 0 Å². The van der Waals surface area contributed by atoms with Gasteiger partial charge in [-0.15, -0.1) is 6.58 Å². The topological polar surface area (TPSA) is 63.5 Å². The largest absolute Gasteiger partial charge is 0.326 e. The van der Waals surface area contributed by atoms with Crippen LogP contribution in [-0.4, -0.2) is 16.4 Å². The molecule has 0 aliphatic carbocycles. The molecule has 0 saturated carbocycles. The summed E-state index contributed by atoms with van der Waals surface area (Å²) in [6.07, 6.45) is 1.72. The van der Waals surface area contributed by atoms with Gasteiger partial charge in [0.05, 0.1) is 10.2 Å². The number of amides is 2. The van der Waals surface area contributed by atoms with Crippen molar-refractivity contribution >= 4 is 39.1 Å². The lowest BCUT2D eigenvalue weighted by atomic mass is 10.2. The Balaban J connectivity index is 2.09. The van der Waals surface area contributed by atoms with Gasteiger partial charge in [0.2, 0.25) is 5.91 Å².